The van der Waals surface area contributed by atoms with Crippen LogP contribution in [0.1, 0.15) is 15.9 Å². The van der Waals surface area contributed by atoms with E-state index in [1.807, 2.05) is 0 Å². The summed E-state index contributed by atoms with van der Waals surface area (Å²) in [5.74, 6) is -0.789. The van der Waals surface area contributed by atoms with E-state index in [-0.39, 0.29) is 18.2 Å². The largest absolute Gasteiger partial charge is 0.507 e. The van der Waals surface area contributed by atoms with E-state index in [0.29, 0.717) is 11.1 Å². The van der Waals surface area contributed by atoms with Crippen molar-refractivity contribution >= 4 is 18.0 Å². The van der Waals surface area contributed by atoms with Crippen LogP contribution in [0.3, 0.4) is 0 Å². The normalized spacial score (nSPS) is 10.4. The lowest BCUT2D eigenvalue weighted by Gasteiger charge is -2.03. The summed E-state index contributed by atoms with van der Waals surface area (Å²) >= 11 is 0. The van der Waals surface area contributed by atoms with Gasteiger partial charge in [-0.15, -0.1) is 0 Å². The summed E-state index contributed by atoms with van der Waals surface area (Å²) in [5, 5.41) is 15.7. The van der Waals surface area contributed by atoms with Crippen molar-refractivity contribution in [3.8, 4) is 5.75 Å². The smallest absolute Gasteiger partial charge is 0.259 e. The Balaban J connectivity index is 1.79. The summed E-state index contributed by atoms with van der Waals surface area (Å²) < 4.78 is 0. The van der Waals surface area contributed by atoms with Gasteiger partial charge in [0.25, 0.3) is 11.8 Å². The first-order valence-electron chi connectivity index (χ1n) is 6.45. The second-order valence-electron chi connectivity index (χ2n) is 4.27. The molecule has 3 N–H and O–H groups in total. The number of nitrogens with one attached hydrogen (secondary N) is 2. The van der Waals surface area contributed by atoms with Crippen LogP contribution in [0.4, 0.5) is 0 Å². The summed E-state index contributed by atoms with van der Waals surface area (Å²) in [6.07, 6.45) is 4.30. The minimum Gasteiger partial charge on any atom is -0.507 e. The Morgan fingerprint density at radius 1 is 1.18 bits per heavy atom. The van der Waals surface area contributed by atoms with Gasteiger partial charge in [0.15, 0.2) is 0 Å². The molecule has 2 rings (SSSR count). The number of aromatic hydroxyl groups is 1. The summed E-state index contributed by atoms with van der Waals surface area (Å²) in [6.45, 7) is -0.209. The zero-order valence-corrected chi connectivity index (χ0v) is 11.6. The number of hydrazone groups is 1. The van der Waals surface area contributed by atoms with Gasteiger partial charge in [-0.3, -0.25) is 14.6 Å². The molecule has 7 heteroatoms. The monoisotopic (exact) mass is 298 g/mol. The molecule has 0 spiro atoms. The molecule has 0 bridgehead atoms. The minimum atomic E-state index is -0.478. The molecule has 0 radical (unpaired) electrons. The van der Waals surface area contributed by atoms with Crippen molar-refractivity contribution in [3.05, 3.63) is 59.9 Å². The molecule has 2 amide bonds. The molecule has 0 fully saturated rings. The summed E-state index contributed by atoms with van der Waals surface area (Å²) in [4.78, 5) is 27.0. The zero-order chi connectivity index (χ0) is 15.8. The molecule has 7 nitrogen and oxygen atoms in total. The third-order valence-corrected chi connectivity index (χ3v) is 2.68. The Morgan fingerprint density at radius 3 is 2.64 bits per heavy atom. The van der Waals surface area contributed by atoms with Gasteiger partial charge in [0.2, 0.25) is 0 Å². The van der Waals surface area contributed by atoms with Crippen LogP contribution in [0.15, 0.2) is 53.9 Å². The van der Waals surface area contributed by atoms with E-state index in [1.54, 1.807) is 30.3 Å². The van der Waals surface area contributed by atoms with Gasteiger partial charge in [0.05, 0.1) is 12.8 Å². The van der Waals surface area contributed by atoms with Gasteiger partial charge in [-0.25, -0.2) is 5.43 Å². The molecule has 0 atom stereocenters. The van der Waals surface area contributed by atoms with Crippen LogP contribution in [0.5, 0.6) is 5.75 Å². The number of carbonyl (C=O) groups excluding carboxylic acids is 2. The Hall–Kier alpha value is -3.22. The van der Waals surface area contributed by atoms with Gasteiger partial charge in [0.1, 0.15) is 5.75 Å². The molecule has 22 heavy (non-hydrogen) atoms. The molecule has 0 saturated carbocycles. The summed E-state index contributed by atoms with van der Waals surface area (Å²) in [6, 6.07) is 9.67. The molecule has 112 valence electrons. The molecule has 1 aromatic heterocycles. The molecule has 0 aliphatic rings. The number of nitrogens with zero attached hydrogens (tertiary/aromatic N) is 2. The van der Waals surface area contributed by atoms with Crippen molar-refractivity contribution in [1.29, 1.82) is 0 Å². The van der Waals surface area contributed by atoms with Crippen LogP contribution >= 0.6 is 0 Å². The van der Waals surface area contributed by atoms with E-state index in [9.17, 15) is 14.7 Å². The number of carbonyl (C=O) groups is 2. The number of para-hydroxylation sites is 1. The van der Waals surface area contributed by atoms with Crippen molar-refractivity contribution in [2.75, 3.05) is 6.54 Å². The Labute approximate surface area is 126 Å². The van der Waals surface area contributed by atoms with Crippen molar-refractivity contribution in [3.63, 3.8) is 0 Å². The fraction of sp³-hybridized carbons (Fsp3) is 0.0667. The van der Waals surface area contributed by atoms with Crippen molar-refractivity contribution in [2.24, 2.45) is 5.10 Å². The lowest BCUT2D eigenvalue weighted by molar-refractivity contribution is -0.120. The second kappa shape index (κ2) is 7.53. The third kappa shape index (κ3) is 4.41. The van der Waals surface area contributed by atoms with Crippen LogP contribution < -0.4 is 10.7 Å². The highest BCUT2D eigenvalue weighted by molar-refractivity contribution is 5.96. The SMILES string of the molecule is O=C(CNC(=O)c1ccncc1)NN=Cc1ccccc1O. The number of aromatic nitrogens is 1. The number of hydrogen-bond donors (Lipinski definition) is 3. The third-order valence-electron chi connectivity index (χ3n) is 2.68. The predicted octanol–water partition coefficient (Wildman–Crippen LogP) is 0.667. The maximum Gasteiger partial charge on any atom is 0.259 e. The molecular formula is C15H14N4O3. The number of phenolic OH excluding ortho intramolecular Hbond substituents is 1. The molecule has 0 saturated heterocycles. The first kappa shape index (κ1) is 15.2. The summed E-state index contributed by atoms with van der Waals surface area (Å²) in [5.41, 5.74) is 3.15. The average molecular weight is 298 g/mol. The number of pyridine rings is 1. The lowest BCUT2D eigenvalue weighted by atomic mass is 10.2. The Morgan fingerprint density at radius 2 is 1.91 bits per heavy atom. The average Bonchev–Trinajstić information content (AvgIpc) is 2.55. The van der Waals surface area contributed by atoms with Crippen LogP contribution in [-0.2, 0) is 4.79 Å². The van der Waals surface area contributed by atoms with Gasteiger partial charge >= 0.3 is 0 Å². The van der Waals surface area contributed by atoms with Crippen LogP contribution in [0.25, 0.3) is 0 Å². The van der Waals surface area contributed by atoms with Crippen molar-refractivity contribution < 1.29 is 14.7 Å². The number of phenols is 1. The lowest BCUT2D eigenvalue weighted by Crippen LogP contribution is -2.34. The van der Waals surface area contributed by atoms with E-state index >= 15 is 0 Å². The molecule has 0 aliphatic heterocycles. The fourth-order valence-corrected chi connectivity index (χ4v) is 1.58. The zero-order valence-electron chi connectivity index (χ0n) is 11.6. The van der Waals surface area contributed by atoms with E-state index in [2.05, 4.69) is 20.8 Å². The maximum atomic E-state index is 11.7. The number of benzene rings is 1. The molecule has 2 aromatic rings. The highest BCUT2D eigenvalue weighted by Crippen LogP contribution is 2.12. The standard InChI is InChI=1S/C15H14N4O3/c20-13-4-2-1-3-12(13)9-18-19-14(21)10-17-15(22)11-5-7-16-8-6-11/h1-9,20H,10H2,(H,17,22)(H,19,21). The highest BCUT2D eigenvalue weighted by atomic mass is 16.3. The van der Waals surface area contributed by atoms with Crippen LogP contribution in [0.2, 0.25) is 0 Å². The fourth-order valence-electron chi connectivity index (χ4n) is 1.58. The maximum absolute atomic E-state index is 11.7. The van der Waals surface area contributed by atoms with Crippen molar-refractivity contribution in [1.82, 2.24) is 15.7 Å². The Kier molecular flexibility index (Phi) is 5.20. The molecule has 1 aromatic carbocycles. The van der Waals surface area contributed by atoms with E-state index < -0.39 is 5.91 Å². The van der Waals surface area contributed by atoms with Crippen molar-refractivity contribution in [2.45, 2.75) is 0 Å². The van der Waals surface area contributed by atoms with E-state index in [4.69, 9.17) is 0 Å². The number of amides is 2. The second-order valence-corrected chi connectivity index (χ2v) is 4.27. The number of rotatable bonds is 5. The quantitative estimate of drug-likeness (QED) is 0.557. The molecule has 0 aliphatic carbocycles. The summed E-state index contributed by atoms with van der Waals surface area (Å²) in [7, 11) is 0. The predicted molar refractivity (Wildman–Crippen MR) is 80.4 cm³/mol. The molecular weight excluding hydrogens is 284 g/mol. The van der Waals surface area contributed by atoms with Gasteiger partial charge in [-0.2, -0.15) is 5.10 Å². The number of hydrogen-bond acceptors (Lipinski definition) is 5. The molecule has 1 heterocycles. The van der Waals surface area contributed by atoms with Crippen LogP contribution in [0, 0.1) is 0 Å². The minimum absolute atomic E-state index is 0.0616. The van der Waals surface area contributed by atoms with Crippen LogP contribution in [-0.4, -0.2) is 34.7 Å². The van der Waals surface area contributed by atoms with Gasteiger partial charge in [-0.1, -0.05) is 12.1 Å². The first-order valence-corrected chi connectivity index (χ1v) is 6.45. The van der Waals surface area contributed by atoms with Gasteiger partial charge < -0.3 is 10.4 Å². The topological polar surface area (TPSA) is 104 Å². The van der Waals surface area contributed by atoms with Gasteiger partial charge in [-0.05, 0) is 24.3 Å². The first-order chi connectivity index (χ1) is 10.7. The van der Waals surface area contributed by atoms with Gasteiger partial charge in [0, 0.05) is 23.5 Å². The van der Waals surface area contributed by atoms with E-state index in [1.165, 1.54) is 24.7 Å². The highest BCUT2D eigenvalue weighted by Gasteiger charge is 2.06. The Bertz CT molecular complexity index is 686. The van der Waals surface area contributed by atoms with E-state index in [0.717, 1.165) is 0 Å². The molecule has 0 unspecified atom stereocenters.